The summed E-state index contributed by atoms with van der Waals surface area (Å²) < 4.78 is 41.9. The minimum absolute atomic E-state index is 0.0905. The molecule has 0 saturated carbocycles. The van der Waals surface area contributed by atoms with Crippen LogP contribution in [0.15, 0.2) is 46.2 Å². The van der Waals surface area contributed by atoms with Gasteiger partial charge in [0.25, 0.3) is 15.6 Å². The largest absolute Gasteiger partial charge is 0.497 e. The smallest absolute Gasteiger partial charge is 0.399 e. The zero-order valence-electron chi connectivity index (χ0n) is 18.9. The first-order valence-corrected chi connectivity index (χ1v) is 11.6. The standard InChI is InChI=1S/C22H27BN2O5S/c1-14-8-10-16(11-9-14)31(27,28)25-15(2)12-17-18(13-24(7)20(26)19(17)25)23-29-21(3,4)22(5,6)30-23/h8-13H,1-7H3. The fourth-order valence-corrected chi connectivity index (χ4v) is 5.37. The van der Waals surface area contributed by atoms with E-state index in [1.807, 2.05) is 34.6 Å². The van der Waals surface area contributed by atoms with Crippen LogP contribution in [0, 0.1) is 13.8 Å². The highest BCUT2D eigenvalue weighted by Crippen LogP contribution is 2.37. The molecule has 1 saturated heterocycles. The van der Waals surface area contributed by atoms with Gasteiger partial charge in [-0.05, 0) is 59.7 Å². The van der Waals surface area contributed by atoms with Crippen molar-refractivity contribution < 1.29 is 17.7 Å². The van der Waals surface area contributed by atoms with Gasteiger partial charge >= 0.3 is 7.12 Å². The molecule has 1 aromatic carbocycles. The van der Waals surface area contributed by atoms with E-state index in [0.29, 0.717) is 16.5 Å². The topological polar surface area (TPSA) is 79.5 Å². The third-order valence-electron chi connectivity index (χ3n) is 6.36. The molecule has 1 aliphatic rings. The van der Waals surface area contributed by atoms with Crippen LogP contribution >= 0.6 is 0 Å². The molecule has 7 nitrogen and oxygen atoms in total. The Morgan fingerprint density at radius 3 is 2.06 bits per heavy atom. The van der Waals surface area contributed by atoms with Crippen molar-refractivity contribution in [3.63, 3.8) is 0 Å². The molecule has 3 aromatic rings. The minimum atomic E-state index is -3.97. The van der Waals surface area contributed by atoms with Gasteiger partial charge in [0.2, 0.25) is 0 Å². The Balaban J connectivity index is 1.98. The van der Waals surface area contributed by atoms with E-state index in [1.54, 1.807) is 50.5 Å². The lowest BCUT2D eigenvalue weighted by atomic mass is 9.78. The van der Waals surface area contributed by atoms with E-state index in [1.165, 1.54) is 4.57 Å². The van der Waals surface area contributed by atoms with Gasteiger partial charge in [0.1, 0.15) is 5.52 Å². The third-order valence-corrected chi connectivity index (χ3v) is 8.18. The first kappa shape index (κ1) is 21.9. The Morgan fingerprint density at radius 2 is 1.52 bits per heavy atom. The van der Waals surface area contributed by atoms with Crippen LogP contribution in [0.2, 0.25) is 0 Å². The number of rotatable bonds is 3. The summed E-state index contributed by atoms with van der Waals surface area (Å²) in [5.41, 5.74) is 0.571. The number of benzene rings is 1. The summed E-state index contributed by atoms with van der Waals surface area (Å²) in [4.78, 5) is 13.2. The van der Waals surface area contributed by atoms with E-state index in [9.17, 15) is 13.2 Å². The summed E-state index contributed by atoms with van der Waals surface area (Å²) >= 11 is 0. The Morgan fingerprint density at radius 1 is 0.968 bits per heavy atom. The summed E-state index contributed by atoms with van der Waals surface area (Å²) in [6, 6.07) is 8.30. The highest BCUT2D eigenvalue weighted by Gasteiger charge is 2.52. The summed E-state index contributed by atoms with van der Waals surface area (Å²) in [5, 5.41) is 0.509. The first-order valence-electron chi connectivity index (χ1n) is 10.2. The number of fused-ring (bicyclic) bond motifs is 1. The highest BCUT2D eigenvalue weighted by molar-refractivity contribution is 7.90. The summed E-state index contributed by atoms with van der Waals surface area (Å²) in [6.07, 6.45) is 1.66. The van der Waals surface area contributed by atoms with Crippen LogP contribution in [0.25, 0.3) is 10.9 Å². The van der Waals surface area contributed by atoms with Gasteiger partial charge < -0.3 is 13.9 Å². The molecule has 164 valence electrons. The quantitative estimate of drug-likeness (QED) is 0.583. The van der Waals surface area contributed by atoms with Gasteiger partial charge in [-0.1, -0.05) is 17.7 Å². The van der Waals surface area contributed by atoms with E-state index in [2.05, 4.69) is 0 Å². The van der Waals surface area contributed by atoms with Crippen LogP contribution in [0.4, 0.5) is 0 Å². The number of pyridine rings is 1. The number of aromatic nitrogens is 2. The summed E-state index contributed by atoms with van der Waals surface area (Å²) in [7, 11) is -3.10. The van der Waals surface area contributed by atoms with Crippen molar-refractivity contribution >= 4 is 33.5 Å². The van der Waals surface area contributed by atoms with Crippen LogP contribution in [0.1, 0.15) is 39.0 Å². The molecule has 31 heavy (non-hydrogen) atoms. The zero-order chi connectivity index (χ0) is 22.9. The van der Waals surface area contributed by atoms with Crippen LogP contribution in [0.5, 0.6) is 0 Å². The molecule has 0 radical (unpaired) electrons. The van der Waals surface area contributed by atoms with Crippen LogP contribution < -0.4 is 11.0 Å². The summed E-state index contributed by atoms with van der Waals surface area (Å²) in [6.45, 7) is 11.4. The van der Waals surface area contributed by atoms with Crippen molar-refractivity contribution in [2.75, 3.05) is 0 Å². The lowest BCUT2D eigenvalue weighted by molar-refractivity contribution is 0.00578. The average Bonchev–Trinajstić information content (AvgIpc) is 3.12. The van der Waals surface area contributed by atoms with Crippen molar-refractivity contribution in [3.8, 4) is 0 Å². The molecule has 2 aromatic heterocycles. The van der Waals surface area contributed by atoms with Gasteiger partial charge in [0.15, 0.2) is 0 Å². The predicted molar refractivity (Wildman–Crippen MR) is 121 cm³/mol. The molecule has 9 heteroatoms. The lowest BCUT2D eigenvalue weighted by Crippen LogP contribution is -2.41. The van der Waals surface area contributed by atoms with Crippen molar-refractivity contribution in [1.29, 1.82) is 0 Å². The van der Waals surface area contributed by atoms with Gasteiger partial charge in [0, 0.05) is 29.8 Å². The molecule has 0 amide bonds. The minimum Gasteiger partial charge on any atom is -0.399 e. The maximum absolute atomic E-state index is 13.5. The number of hydrogen-bond acceptors (Lipinski definition) is 5. The second kappa shape index (κ2) is 6.82. The van der Waals surface area contributed by atoms with E-state index in [0.717, 1.165) is 9.54 Å². The van der Waals surface area contributed by atoms with Crippen LogP contribution in [-0.2, 0) is 26.4 Å². The first-order chi connectivity index (χ1) is 14.3. The molecular formula is C22H27BN2O5S. The highest BCUT2D eigenvalue weighted by atomic mass is 32.2. The number of hydrogen-bond donors (Lipinski definition) is 0. The van der Waals surface area contributed by atoms with Crippen LogP contribution in [-0.4, -0.2) is 35.3 Å². The normalized spacial score (nSPS) is 18.1. The maximum Gasteiger partial charge on any atom is 0.497 e. The van der Waals surface area contributed by atoms with Gasteiger partial charge in [-0.15, -0.1) is 0 Å². The average molecular weight is 442 g/mol. The lowest BCUT2D eigenvalue weighted by Gasteiger charge is -2.32. The Hall–Kier alpha value is -2.36. The molecule has 0 spiro atoms. The third kappa shape index (κ3) is 3.26. The van der Waals surface area contributed by atoms with E-state index in [-0.39, 0.29) is 10.4 Å². The van der Waals surface area contributed by atoms with Gasteiger partial charge in [-0.3, -0.25) is 4.79 Å². The van der Waals surface area contributed by atoms with Crippen molar-refractivity contribution in [2.24, 2.45) is 7.05 Å². The molecule has 0 bridgehead atoms. The predicted octanol–water partition coefficient (Wildman–Crippen LogP) is 2.49. The molecular weight excluding hydrogens is 415 g/mol. The Labute approximate surface area is 182 Å². The molecule has 1 fully saturated rings. The molecule has 0 unspecified atom stereocenters. The Kier molecular flexibility index (Phi) is 4.81. The van der Waals surface area contributed by atoms with E-state index in [4.69, 9.17) is 9.31 Å². The molecule has 3 heterocycles. The Bertz CT molecular complexity index is 1340. The summed E-state index contributed by atoms with van der Waals surface area (Å²) in [5.74, 6) is 0. The fraction of sp³-hybridized carbons (Fsp3) is 0.409. The van der Waals surface area contributed by atoms with Gasteiger partial charge in [-0.25, -0.2) is 12.4 Å². The second-order valence-corrected chi connectivity index (χ2v) is 11.0. The maximum atomic E-state index is 13.5. The van der Waals surface area contributed by atoms with Crippen molar-refractivity contribution in [1.82, 2.24) is 8.54 Å². The molecule has 4 rings (SSSR count). The molecule has 0 N–H and O–H groups in total. The molecule has 1 aliphatic heterocycles. The van der Waals surface area contributed by atoms with Crippen molar-refractivity contribution in [2.45, 2.75) is 57.6 Å². The van der Waals surface area contributed by atoms with E-state index < -0.39 is 33.9 Å². The fourth-order valence-electron chi connectivity index (χ4n) is 3.83. The number of nitrogens with zero attached hydrogens (tertiary/aromatic N) is 2. The zero-order valence-corrected chi connectivity index (χ0v) is 19.7. The monoisotopic (exact) mass is 442 g/mol. The second-order valence-electron chi connectivity index (χ2n) is 9.22. The van der Waals surface area contributed by atoms with Gasteiger partial charge in [-0.2, -0.15) is 0 Å². The van der Waals surface area contributed by atoms with Gasteiger partial charge in [0.05, 0.1) is 16.1 Å². The van der Waals surface area contributed by atoms with E-state index >= 15 is 0 Å². The SMILES string of the molecule is Cc1ccc(S(=O)(=O)n2c(C)cc3c(B4OC(C)(C)C(C)(C)O4)cn(C)c(=O)c32)cc1. The molecule has 0 atom stereocenters. The van der Waals surface area contributed by atoms with Crippen molar-refractivity contribution in [3.05, 3.63) is 58.1 Å². The number of aryl methyl sites for hydroxylation is 3. The van der Waals surface area contributed by atoms with Crippen LogP contribution in [0.3, 0.4) is 0 Å². The molecule has 0 aliphatic carbocycles.